The van der Waals surface area contributed by atoms with E-state index in [1.165, 1.54) is 12.2 Å². The van der Waals surface area contributed by atoms with E-state index in [4.69, 9.17) is 10.2 Å². The van der Waals surface area contributed by atoms with Crippen molar-refractivity contribution in [3.05, 3.63) is 59.6 Å². The molecule has 0 spiro atoms. The van der Waals surface area contributed by atoms with Crippen LogP contribution < -0.4 is 0 Å². The molecule has 4 heteroatoms. The van der Waals surface area contributed by atoms with E-state index in [1.807, 2.05) is 6.07 Å². The standard InChI is InChI=1S/C9H12O2.C6H10O2/c1-2-9(10,11)8-6-4-3-5-7-8;1-3-5(7)6(8)4-2/h3-7,10-11H,2H2,1H3;3-4,7-8H,1-2H3. The van der Waals surface area contributed by atoms with Gasteiger partial charge in [0.2, 0.25) is 0 Å². The largest absolute Gasteiger partial charge is 0.504 e. The summed E-state index contributed by atoms with van der Waals surface area (Å²) in [7, 11) is 0. The second kappa shape index (κ2) is 8.34. The van der Waals surface area contributed by atoms with Gasteiger partial charge in [-0.05, 0) is 26.0 Å². The molecule has 0 aliphatic rings. The van der Waals surface area contributed by atoms with Crippen molar-refractivity contribution in [3.8, 4) is 0 Å². The summed E-state index contributed by atoms with van der Waals surface area (Å²) in [5.41, 5.74) is 0.544. The molecule has 4 nitrogen and oxygen atoms in total. The van der Waals surface area contributed by atoms with E-state index < -0.39 is 5.79 Å². The molecule has 0 radical (unpaired) electrons. The van der Waals surface area contributed by atoms with Gasteiger partial charge in [-0.15, -0.1) is 0 Å². The van der Waals surface area contributed by atoms with Crippen molar-refractivity contribution in [1.29, 1.82) is 0 Å². The first kappa shape index (κ1) is 17.2. The number of hydrogen-bond acceptors (Lipinski definition) is 4. The second-order valence-electron chi connectivity index (χ2n) is 3.88. The molecule has 0 saturated heterocycles. The molecule has 106 valence electrons. The Hall–Kier alpha value is -1.78. The molecule has 0 aliphatic heterocycles. The van der Waals surface area contributed by atoms with Crippen molar-refractivity contribution in [3.63, 3.8) is 0 Å². The summed E-state index contributed by atoms with van der Waals surface area (Å²) in [5, 5.41) is 36.0. The Morgan fingerprint density at radius 2 is 1.42 bits per heavy atom. The van der Waals surface area contributed by atoms with Gasteiger partial charge in [0.1, 0.15) is 0 Å². The average molecular weight is 266 g/mol. The molecule has 0 unspecified atom stereocenters. The van der Waals surface area contributed by atoms with Crippen LogP contribution in [0, 0.1) is 0 Å². The normalized spacial score (nSPS) is 12.7. The molecule has 1 rings (SSSR count). The molecule has 0 fully saturated rings. The van der Waals surface area contributed by atoms with Gasteiger partial charge in [-0.3, -0.25) is 0 Å². The molecule has 0 amide bonds. The van der Waals surface area contributed by atoms with Gasteiger partial charge < -0.3 is 20.4 Å². The van der Waals surface area contributed by atoms with E-state index in [1.54, 1.807) is 45.0 Å². The first-order valence-electron chi connectivity index (χ1n) is 6.10. The van der Waals surface area contributed by atoms with Crippen LogP contribution in [0.15, 0.2) is 54.0 Å². The van der Waals surface area contributed by atoms with Crippen LogP contribution in [0.3, 0.4) is 0 Å². The minimum absolute atomic E-state index is 0.0764. The SMILES string of the molecule is CC=C(O)C(O)=CC.CCC(O)(O)c1ccccc1. The van der Waals surface area contributed by atoms with E-state index in [9.17, 15) is 10.2 Å². The van der Waals surface area contributed by atoms with Gasteiger partial charge in [0.25, 0.3) is 0 Å². The van der Waals surface area contributed by atoms with Crippen LogP contribution >= 0.6 is 0 Å². The lowest BCUT2D eigenvalue weighted by Gasteiger charge is -2.19. The van der Waals surface area contributed by atoms with Crippen LogP contribution in [0.2, 0.25) is 0 Å². The quantitative estimate of drug-likeness (QED) is 0.385. The molecule has 19 heavy (non-hydrogen) atoms. The highest BCUT2D eigenvalue weighted by Crippen LogP contribution is 2.20. The van der Waals surface area contributed by atoms with Gasteiger partial charge in [0, 0.05) is 12.0 Å². The lowest BCUT2D eigenvalue weighted by Crippen LogP contribution is -2.23. The smallest absolute Gasteiger partial charge is 0.189 e. The Labute approximate surface area is 114 Å². The summed E-state index contributed by atoms with van der Waals surface area (Å²) < 4.78 is 0. The van der Waals surface area contributed by atoms with Gasteiger partial charge in [0.05, 0.1) is 0 Å². The third kappa shape index (κ3) is 6.08. The number of rotatable bonds is 3. The summed E-state index contributed by atoms with van der Waals surface area (Å²) in [6.45, 7) is 5.02. The summed E-state index contributed by atoms with van der Waals surface area (Å²) in [6.07, 6.45) is 3.15. The number of aliphatic hydroxyl groups is 4. The van der Waals surface area contributed by atoms with Crippen molar-refractivity contribution in [2.24, 2.45) is 0 Å². The van der Waals surface area contributed by atoms with Gasteiger partial charge >= 0.3 is 0 Å². The van der Waals surface area contributed by atoms with Gasteiger partial charge in [-0.1, -0.05) is 37.3 Å². The van der Waals surface area contributed by atoms with Crippen LogP contribution in [-0.2, 0) is 5.79 Å². The van der Waals surface area contributed by atoms with Crippen molar-refractivity contribution in [1.82, 2.24) is 0 Å². The Kier molecular flexibility index (Phi) is 7.56. The number of aliphatic hydroxyl groups excluding tert-OH is 2. The molecule has 1 aromatic carbocycles. The fraction of sp³-hybridized carbons (Fsp3) is 0.333. The molecule has 0 bridgehead atoms. The molecule has 1 aromatic rings. The molecule has 0 aromatic heterocycles. The summed E-state index contributed by atoms with van der Waals surface area (Å²) in [5.74, 6) is -1.82. The van der Waals surface area contributed by atoms with Crippen molar-refractivity contribution < 1.29 is 20.4 Å². The molecule has 4 N–H and O–H groups in total. The van der Waals surface area contributed by atoms with Crippen LogP contribution in [0.5, 0.6) is 0 Å². The third-order valence-corrected chi connectivity index (χ3v) is 2.54. The van der Waals surface area contributed by atoms with Crippen LogP contribution in [0.25, 0.3) is 0 Å². The fourth-order valence-corrected chi connectivity index (χ4v) is 1.20. The number of benzene rings is 1. The van der Waals surface area contributed by atoms with Crippen molar-refractivity contribution >= 4 is 0 Å². The zero-order valence-corrected chi connectivity index (χ0v) is 11.5. The first-order valence-corrected chi connectivity index (χ1v) is 6.10. The highest BCUT2D eigenvalue weighted by Gasteiger charge is 2.21. The Bertz CT molecular complexity index is 403. The zero-order chi connectivity index (χ0) is 14.9. The minimum Gasteiger partial charge on any atom is -0.504 e. The Balaban J connectivity index is 0.000000362. The first-order chi connectivity index (χ1) is 8.88. The maximum Gasteiger partial charge on any atom is 0.189 e. The Morgan fingerprint density at radius 1 is 1.00 bits per heavy atom. The number of allylic oxidation sites excluding steroid dienone is 2. The lowest BCUT2D eigenvalue weighted by molar-refractivity contribution is -0.171. The average Bonchev–Trinajstić information content (AvgIpc) is 2.47. The summed E-state index contributed by atoms with van der Waals surface area (Å²) >= 11 is 0. The van der Waals surface area contributed by atoms with Crippen molar-refractivity contribution in [2.75, 3.05) is 0 Å². The molecular formula is C15H22O4. The number of hydrogen-bond donors (Lipinski definition) is 4. The van der Waals surface area contributed by atoms with E-state index in [2.05, 4.69) is 0 Å². The highest BCUT2D eigenvalue weighted by atomic mass is 16.5. The predicted molar refractivity (Wildman–Crippen MR) is 75.6 cm³/mol. The van der Waals surface area contributed by atoms with Gasteiger partial charge in [-0.25, -0.2) is 0 Å². The van der Waals surface area contributed by atoms with E-state index in [0.29, 0.717) is 12.0 Å². The minimum atomic E-state index is -1.67. The topological polar surface area (TPSA) is 80.9 Å². The predicted octanol–water partition coefficient (Wildman–Crippen LogP) is 3.14. The lowest BCUT2D eigenvalue weighted by atomic mass is 10.0. The Morgan fingerprint density at radius 3 is 1.74 bits per heavy atom. The molecule has 0 aliphatic carbocycles. The van der Waals surface area contributed by atoms with E-state index in [-0.39, 0.29) is 11.5 Å². The summed E-state index contributed by atoms with van der Waals surface area (Å²) in [6, 6.07) is 8.81. The molecule has 0 atom stereocenters. The second-order valence-corrected chi connectivity index (χ2v) is 3.88. The van der Waals surface area contributed by atoms with Crippen LogP contribution in [0.4, 0.5) is 0 Å². The fourth-order valence-electron chi connectivity index (χ4n) is 1.20. The zero-order valence-electron chi connectivity index (χ0n) is 11.5. The molecule has 0 heterocycles. The highest BCUT2D eigenvalue weighted by molar-refractivity contribution is 5.19. The third-order valence-electron chi connectivity index (χ3n) is 2.54. The summed E-state index contributed by atoms with van der Waals surface area (Å²) in [4.78, 5) is 0. The maximum absolute atomic E-state index is 9.35. The molecular weight excluding hydrogens is 244 g/mol. The van der Waals surface area contributed by atoms with E-state index >= 15 is 0 Å². The van der Waals surface area contributed by atoms with Crippen LogP contribution in [0.1, 0.15) is 32.8 Å². The van der Waals surface area contributed by atoms with Gasteiger partial charge in [-0.2, -0.15) is 0 Å². The maximum atomic E-state index is 9.35. The molecule has 0 saturated carbocycles. The van der Waals surface area contributed by atoms with E-state index in [0.717, 1.165) is 0 Å². The van der Waals surface area contributed by atoms with Crippen LogP contribution in [-0.4, -0.2) is 20.4 Å². The monoisotopic (exact) mass is 266 g/mol. The van der Waals surface area contributed by atoms with Gasteiger partial charge in [0.15, 0.2) is 17.3 Å². The van der Waals surface area contributed by atoms with Crippen molar-refractivity contribution in [2.45, 2.75) is 33.0 Å².